The fourth-order valence-corrected chi connectivity index (χ4v) is 6.08. The monoisotopic (exact) mass is 398 g/mol. The largest absolute Gasteiger partial charge is 0.213 e. The van der Waals surface area contributed by atoms with Crippen LogP contribution in [0.15, 0.2) is 48.5 Å². The molecule has 0 bridgehead atoms. The summed E-state index contributed by atoms with van der Waals surface area (Å²) in [5, 5.41) is 1.49. The molecule has 5 rings (SSSR count). The van der Waals surface area contributed by atoms with Gasteiger partial charge < -0.3 is 0 Å². The van der Waals surface area contributed by atoms with E-state index in [9.17, 15) is 0 Å². The van der Waals surface area contributed by atoms with Crippen LogP contribution in [0.25, 0.3) is 22.2 Å². The molecule has 156 valence electrons. The number of benzene rings is 2. The molecule has 30 heavy (non-hydrogen) atoms. The third-order valence-corrected chi connectivity index (χ3v) is 7.89. The minimum Gasteiger partial charge on any atom is -0.194 e. The molecule has 0 unspecified atom stereocenters. The molecular formula is C29H36N+. The molecule has 1 aromatic heterocycles. The zero-order chi connectivity index (χ0) is 20.5. The van der Waals surface area contributed by atoms with Gasteiger partial charge in [-0.3, -0.25) is 0 Å². The van der Waals surface area contributed by atoms with Gasteiger partial charge in [0, 0.05) is 23.1 Å². The number of pyridine rings is 1. The Morgan fingerprint density at radius 3 is 2.10 bits per heavy atom. The van der Waals surface area contributed by atoms with E-state index in [0.29, 0.717) is 5.92 Å². The third-order valence-electron chi connectivity index (χ3n) is 7.89. The lowest BCUT2D eigenvalue weighted by Gasteiger charge is -2.25. The van der Waals surface area contributed by atoms with E-state index in [1.165, 1.54) is 91.9 Å². The zero-order valence-corrected chi connectivity index (χ0v) is 18.8. The van der Waals surface area contributed by atoms with Crippen molar-refractivity contribution in [1.82, 2.24) is 0 Å². The molecule has 2 saturated carbocycles. The van der Waals surface area contributed by atoms with E-state index in [4.69, 9.17) is 0 Å². The number of hydrogen-bond donors (Lipinski definition) is 0. The van der Waals surface area contributed by atoms with Gasteiger partial charge in [0.05, 0.1) is 0 Å². The van der Waals surface area contributed by atoms with Gasteiger partial charge in [0.2, 0.25) is 11.2 Å². The standard InChI is InChI=1S/C29H36N/c1-21-11-9-10-16-25(21)29-20-27(23-14-7-4-8-15-23)26-18-17-24(19-28(26)30(29)2)22-12-5-3-6-13-22/h9-11,16-20,22-23H,3-8,12-15H2,1-2H3/q+1. The van der Waals surface area contributed by atoms with Crippen LogP contribution in [0.1, 0.15) is 92.7 Å². The number of hydrogen-bond acceptors (Lipinski definition) is 0. The van der Waals surface area contributed by atoms with Crippen LogP contribution in [0, 0.1) is 6.92 Å². The minimum absolute atomic E-state index is 0.714. The van der Waals surface area contributed by atoms with Gasteiger partial charge in [0.1, 0.15) is 7.05 Å². The molecular weight excluding hydrogens is 362 g/mol. The molecule has 2 aromatic carbocycles. The Hall–Kier alpha value is -2.15. The Labute approximate surface area is 182 Å². The molecule has 0 aliphatic heterocycles. The van der Waals surface area contributed by atoms with Crippen LogP contribution in [0.5, 0.6) is 0 Å². The minimum atomic E-state index is 0.714. The summed E-state index contributed by atoms with van der Waals surface area (Å²) >= 11 is 0. The van der Waals surface area contributed by atoms with Crippen LogP contribution in [0.4, 0.5) is 0 Å². The first kappa shape index (κ1) is 19.8. The Bertz CT molecular complexity index is 1040. The van der Waals surface area contributed by atoms with E-state index in [1.807, 2.05) is 0 Å². The fraction of sp³-hybridized carbons (Fsp3) is 0.483. The maximum absolute atomic E-state index is 2.54. The molecule has 1 heteroatoms. The second kappa shape index (κ2) is 8.53. The molecule has 0 atom stereocenters. The van der Waals surface area contributed by atoms with Crippen molar-refractivity contribution in [2.75, 3.05) is 0 Å². The molecule has 2 aliphatic rings. The molecule has 0 saturated heterocycles. The first-order valence-corrected chi connectivity index (χ1v) is 12.2. The van der Waals surface area contributed by atoms with Gasteiger partial charge in [-0.25, -0.2) is 0 Å². The lowest BCUT2D eigenvalue weighted by Crippen LogP contribution is -2.33. The molecule has 0 N–H and O–H groups in total. The first-order chi connectivity index (χ1) is 14.7. The maximum atomic E-state index is 2.54. The van der Waals surface area contributed by atoms with Crippen molar-refractivity contribution in [3.63, 3.8) is 0 Å². The molecule has 2 aliphatic carbocycles. The molecule has 2 fully saturated rings. The van der Waals surface area contributed by atoms with Crippen molar-refractivity contribution in [2.45, 2.75) is 83.0 Å². The summed E-state index contributed by atoms with van der Waals surface area (Å²) in [6.07, 6.45) is 13.8. The summed E-state index contributed by atoms with van der Waals surface area (Å²) in [6.45, 7) is 2.25. The first-order valence-electron chi connectivity index (χ1n) is 12.2. The molecule has 1 heterocycles. The number of fused-ring (bicyclic) bond motifs is 1. The Morgan fingerprint density at radius 2 is 1.40 bits per heavy atom. The number of aryl methyl sites for hydroxylation is 2. The second-order valence-corrected chi connectivity index (χ2v) is 9.81. The maximum Gasteiger partial charge on any atom is 0.213 e. The Balaban J connectivity index is 1.70. The highest BCUT2D eigenvalue weighted by Crippen LogP contribution is 2.39. The SMILES string of the molecule is Cc1ccccc1-c1cc(C2CCCCC2)c2ccc(C3CCCCC3)cc2[n+]1C. The average Bonchev–Trinajstić information content (AvgIpc) is 2.81. The van der Waals surface area contributed by atoms with Crippen molar-refractivity contribution < 1.29 is 4.57 Å². The highest BCUT2D eigenvalue weighted by Gasteiger charge is 2.26. The fourth-order valence-electron chi connectivity index (χ4n) is 6.08. The second-order valence-electron chi connectivity index (χ2n) is 9.81. The highest BCUT2D eigenvalue weighted by molar-refractivity contribution is 5.83. The quantitative estimate of drug-likeness (QED) is 0.397. The van der Waals surface area contributed by atoms with E-state index in [0.717, 1.165) is 5.92 Å². The molecule has 1 nitrogen and oxygen atoms in total. The molecule has 0 spiro atoms. The summed E-state index contributed by atoms with van der Waals surface area (Å²) in [5.41, 5.74) is 8.71. The van der Waals surface area contributed by atoms with Gasteiger partial charge in [-0.05, 0) is 73.3 Å². The van der Waals surface area contributed by atoms with Gasteiger partial charge >= 0.3 is 0 Å². The Morgan fingerprint density at radius 1 is 0.733 bits per heavy atom. The number of rotatable bonds is 3. The Kier molecular flexibility index (Phi) is 5.63. The van der Waals surface area contributed by atoms with E-state index in [-0.39, 0.29) is 0 Å². The van der Waals surface area contributed by atoms with Gasteiger partial charge in [-0.15, -0.1) is 0 Å². The predicted molar refractivity (Wildman–Crippen MR) is 127 cm³/mol. The third kappa shape index (κ3) is 3.68. The van der Waals surface area contributed by atoms with Crippen LogP contribution in [0.2, 0.25) is 0 Å². The number of nitrogens with zero attached hydrogens (tertiary/aromatic N) is 1. The van der Waals surface area contributed by atoms with E-state index in [1.54, 1.807) is 11.1 Å². The van der Waals surface area contributed by atoms with Crippen molar-refractivity contribution in [3.05, 3.63) is 65.2 Å². The lowest BCUT2D eigenvalue weighted by atomic mass is 9.80. The van der Waals surface area contributed by atoms with Gasteiger partial charge in [0.15, 0.2) is 0 Å². The highest BCUT2D eigenvalue weighted by atomic mass is 14.9. The van der Waals surface area contributed by atoms with E-state index >= 15 is 0 Å². The molecule has 0 radical (unpaired) electrons. The van der Waals surface area contributed by atoms with Crippen molar-refractivity contribution >= 4 is 10.9 Å². The van der Waals surface area contributed by atoms with Crippen molar-refractivity contribution in [3.8, 4) is 11.3 Å². The van der Waals surface area contributed by atoms with Gasteiger partial charge in [-0.1, -0.05) is 62.8 Å². The van der Waals surface area contributed by atoms with Gasteiger partial charge in [-0.2, -0.15) is 4.57 Å². The smallest absolute Gasteiger partial charge is 0.194 e. The summed E-state index contributed by atoms with van der Waals surface area (Å²) < 4.78 is 2.47. The predicted octanol–water partition coefficient (Wildman–Crippen LogP) is 7.74. The van der Waals surface area contributed by atoms with E-state index < -0.39 is 0 Å². The van der Waals surface area contributed by atoms with Crippen LogP contribution >= 0.6 is 0 Å². The van der Waals surface area contributed by atoms with Crippen LogP contribution in [0.3, 0.4) is 0 Å². The average molecular weight is 399 g/mol. The summed E-state index contributed by atoms with van der Waals surface area (Å²) in [5.74, 6) is 1.47. The molecule has 0 amide bonds. The van der Waals surface area contributed by atoms with E-state index in [2.05, 4.69) is 67.1 Å². The molecule has 3 aromatic rings. The topological polar surface area (TPSA) is 3.88 Å². The lowest BCUT2D eigenvalue weighted by molar-refractivity contribution is -0.633. The van der Waals surface area contributed by atoms with Crippen molar-refractivity contribution in [2.24, 2.45) is 7.05 Å². The van der Waals surface area contributed by atoms with Crippen LogP contribution in [-0.4, -0.2) is 0 Å². The number of aromatic nitrogens is 1. The summed E-state index contributed by atoms with van der Waals surface area (Å²) in [4.78, 5) is 0. The van der Waals surface area contributed by atoms with Gasteiger partial charge in [0.25, 0.3) is 0 Å². The van der Waals surface area contributed by atoms with Crippen LogP contribution < -0.4 is 4.57 Å². The van der Waals surface area contributed by atoms with Crippen LogP contribution in [-0.2, 0) is 7.05 Å². The normalized spacial score (nSPS) is 18.7. The summed E-state index contributed by atoms with van der Waals surface area (Å²) in [7, 11) is 2.28. The summed E-state index contributed by atoms with van der Waals surface area (Å²) in [6, 6.07) is 18.9. The zero-order valence-electron chi connectivity index (χ0n) is 18.8. The van der Waals surface area contributed by atoms with Crippen molar-refractivity contribution in [1.29, 1.82) is 0 Å².